The predicted molar refractivity (Wildman–Crippen MR) is 109 cm³/mol. The number of aliphatic hydroxyl groups is 1. The number of carbonyl (C=O) groups excluding carboxylic acids is 5. The largest absolute Gasteiger partial charge is 0.480 e. The Morgan fingerprint density at radius 2 is 1.29 bits per heavy atom. The summed E-state index contributed by atoms with van der Waals surface area (Å²) in [5, 5.41) is 24.6. The first kappa shape index (κ1) is 28.1. The van der Waals surface area contributed by atoms with Crippen LogP contribution in [0.2, 0.25) is 0 Å². The number of primary amides is 2. The van der Waals surface area contributed by atoms with Gasteiger partial charge in [0.05, 0.1) is 19.4 Å². The number of thioether (sulfide) groups is 1. The van der Waals surface area contributed by atoms with Gasteiger partial charge in [0.15, 0.2) is 0 Å². The van der Waals surface area contributed by atoms with Crippen molar-refractivity contribution in [3.05, 3.63) is 0 Å². The van der Waals surface area contributed by atoms with Crippen LogP contribution in [0.25, 0.3) is 0 Å². The molecule has 5 amide bonds. The summed E-state index contributed by atoms with van der Waals surface area (Å²) in [6.45, 7) is -0.661. The van der Waals surface area contributed by atoms with Crippen molar-refractivity contribution in [2.75, 3.05) is 18.6 Å². The molecular formula is C16H28N6O8S. The summed E-state index contributed by atoms with van der Waals surface area (Å²) < 4.78 is 0. The van der Waals surface area contributed by atoms with Crippen molar-refractivity contribution in [1.82, 2.24) is 16.0 Å². The van der Waals surface area contributed by atoms with Crippen LogP contribution in [0.15, 0.2) is 0 Å². The maximum absolute atomic E-state index is 12.6. The summed E-state index contributed by atoms with van der Waals surface area (Å²) in [7, 11) is 0. The zero-order valence-electron chi connectivity index (χ0n) is 16.8. The second kappa shape index (κ2) is 14.2. The van der Waals surface area contributed by atoms with Crippen LogP contribution in [0.4, 0.5) is 0 Å². The molecule has 0 saturated heterocycles. The number of aliphatic carboxylic acids is 1. The molecule has 176 valence electrons. The first-order chi connectivity index (χ1) is 14.4. The van der Waals surface area contributed by atoms with E-state index in [-0.39, 0.29) is 6.42 Å². The lowest BCUT2D eigenvalue weighted by molar-refractivity contribution is -0.144. The van der Waals surface area contributed by atoms with Gasteiger partial charge in [-0.3, -0.25) is 24.0 Å². The average molecular weight is 465 g/mol. The molecule has 0 aliphatic carbocycles. The van der Waals surface area contributed by atoms with Crippen molar-refractivity contribution in [2.45, 2.75) is 43.4 Å². The Hall–Kier alpha value is -2.91. The van der Waals surface area contributed by atoms with Crippen LogP contribution in [-0.2, 0) is 28.8 Å². The molecule has 0 rings (SSSR count). The molecule has 31 heavy (non-hydrogen) atoms. The van der Waals surface area contributed by atoms with Gasteiger partial charge in [-0.05, 0) is 18.4 Å². The molecule has 4 atom stereocenters. The molecule has 0 saturated carbocycles. The van der Waals surface area contributed by atoms with Crippen LogP contribution in [0.3, 0.4) is 0 Å². The maximum atomic E-state index is 12.6. The van der Waals surface area contributed by atoms with E-state index in [4.69, 9.17) is 27.4 Å². The minimum atomic E-state index is -1.69. The highest BCUT2D eigenvalue weighted by atomic mass is 32.2. The SMILES string of the molecule is CSCCC(NC(=O)C(N)CO)C(=O)NC(CC(N)=O)C(=O)NC(CC(N)=O)C(=O)O. The van der Waals surface area contributed by atoms with Crippen LogP contribution in [0.1, 0.15) is 19.3 Å². The van der Waals surface area contributed by atoms with Crippen molar-refractivity contribution < 1.29 is 39.0 Å². The molecule has 0 fully saturated rings. The van der Waals surface area contributed by atoms with Crippen molar-refractivity contribution in [3.63, 3.8) is 0 Å². The van der Waals surface area contributed by atoms with Gasteiger partial charge < -0.3 is 43.4 Å². The fraction of sp³-hybridized carbons (Fsp3) is 0.625. The Morgan fingerprint density at radius 1 is 0.839 bits per heavy atom. The Morgan fingerprint density at radius 3 is 1.74 bits per heavy atom. The Kier molecular flexibility index (Phi) is 12.8. The van der Waals surface area contributed by atoms with Crippen LogP contribution < -0.4 is 33.2 Å². The second-order valence-electron chi connectivity index (χ2n) is 6.43. The standard InChI is InChI=1S/C16H28N6O8S/c1-31-3-2-8(20-13(26)7(17)6-23)14(27)21-9(4-11(18)24)15(28)22-10(16(29)30)5-12(19)25/h7-10,23H,2-6,17H2,1H3,(H2,18,24)(H2,19,25)(H,20,26)(H,21,27)(H,22,28)(H,29,30). The Labute approximate surface area is 182 Å². The zero-order chi connectivity index (χ0) is 24.1. The number of hydrogen-bond acceptors (Lipinski definition) is 9. The summed E-state index contributed by atoms with van der Waals surface area (Å²) in [5.41, 5.74) is 15.5. The van der Waals surface area contributed by atoms with E-state index >= 15 is 0 Å². The van der Waals surface area contributed by atoms with Crippen molar-refractivity contribution >= 4 is 47.3 Å². The highest BCUT2D eigenvalue weighted by Crippen LogP contribution is 2.04. The molecule has 0 spiro atoms. The topological polar surface area (TPSA) is 257 Å². The van der Waals surface area contributed by atoms with Gasteiger partial charge in [-0.2, -0.15) is 11.8 Å². The molecule has 0 bridgehead atoms. The molecule has 0 radical (unpaired) electrons. The summed E-state index contributed by atoms with van der Waals surface area (Å²) >= 11 is 1.37. The third-order valence-electron chi connectivity index (χ3n) is 3.84. The quantitative estimate of drug-likeness (QED) is 0.115. The molecule has 0 aliphatic heterocycles. The minimum Gasteiger partial charge on any atom is -0.480 e. The molecule has 15 heteroatoms. The lowest BCUT2D eigenvalue weighted by atomic mass is 10.1. The van der Waals surface area contributed by atoms with Gasteiger partial charge in [-0.1, -0.05) is 0 Å². The number of carboxylic acid groups (broad SMARTS) is 1. The first-order valence-corrected chi connectivity index (χ1v) is 10.4. The fourth-order valence-corrected chi connectivity index (χ4v) is 2.69. The van der Waals surface area contributed by atoms with E-state index in [9.17, 15) is 28.8 Å². The molecule has 0 aromatic heterocycles. The second-order valence-corrected chi connectivity index (χ2v) is 7.42. The first-order valence-electron chi connectivity index (χ1n) is 8.98. The maximum Gasteiger partial charge on any atom is 0.326 e. The van der Waals surface area contributed by atoms with E-state index < -0.39 is 79.1 Å². The van der Waals surface area contributed by atoms with Crippen molar-refractivity contribution in [2.24, 2.45) is 17.2 Å². The van der Waals surface area contributed by atoms with E-state index in [0.29, 0.717) is 5.75 Å². The number of nitrogens with one attached hydrogen (secondary N) is 3. The third kappa shape index (κ3) is 11.2. The normalized spacial score (nSPS) is 14.4. The average Bonchev–Trinajstić information content (AvgIpc) is 2.68. The number of rotatable bonds is 15. The van der Waals surface area contributed by atoms with Crippen LogP contribution in [-0.4, -0.2) is 88.5 Å². The molecule has 11 N–H and O–H groups in total. The number of aliphatic hydroxyl groups excluding tert-OH is 1. The van der Waals surface area contributed by atoms with Gasteiger partial charge >= 0.3 is 5.97 Å². The number of amides is 5. The van der Waals surface area contributed by atoms with E-state index in [1.807, 2.05) is 5.32 Å². The molecule has 4 unspecified atom stereocenters. The summed E-state index contributed by atoms with van der Waals surface area (Å²) in [5.74, 6) is -5.87. The fourth-order valence-electron chi connectivity index (χ4n) is 2.22. The monoisotopic (exact) mass is 464 g/mol. The smallest absolute Gasteiger partial charge is 0.326 e. The highest BCUT2D eigenvalue weighted by molar-refractivity contribution is 7.98. The highest BCUT2D eigenvalue weighted by Gasteiger charge is 2.31. The van der Waals surface area contributed by atoms with Gasteiger partial charge in [0, 0.05) is 0 Å². The molecular weight excluding hydrogens is 436 g/mol. The summed E-state index contributed by atoms with van der Waals surface area (Å²) in [6, 6.07) is -5.72. The molecule has 0 aromatic rings. The summed E-state index contributed by atoms with van der Waals surface area (Å²) in [6.07, 6.45) is 0.481. The van der Waals surface area contributed by atoms with Gasteiger partial charge in [-0.25, -0.2) is 4.79 Å². The van der Waals surface area contributed by atoms with Gasteiger partial charge in [0.2, 0.25) is 29.5 Å². The van der Waals surface area contributed by atoms with E-state index in [0.717, 1.165) is 0 Å². The van der Waals surface area contributed by atoms with E-state index in [2.05, 4.69) is 10.6 Å². The van der Waals surface area contributed by atoms with Gasteiger partial charge in [-0.15, -0.1) is 0 Å². The molecule has 0 aromatic carbocycles. The number of carbonyl (C=O) groups is 6. The van der Waals surface area contributed by atoms with Crippen molar-refractivity contribution in [3.8, 4) is 0 Å². The van der Waals surface area contributed by atoms with E-state index in [1.165, 1.54) is 11.8 Å². The third-order valence-corrected chi connectivity index (χ3v) is 4.48. The minimum absolute atomic E-state index is 0.126. The lowest BCUT2D eigenvalue weighted by Crippen LogP contribution is -2.58. The van der Waals surface area contributed by atoms with Gasteiger partial charge in [0.1, 0.15) is 24.2 Å². The van der Waals surface area contributed by atoms with Crippen LogP contribution in [0.5, 0.6) is 0 Å². The number of hydrogen-bond donors (Lipinski definition) is 8. The zero-order valence-corrected chi connectivity index (χ0v) is 17.6. The Bertz CT molecular complexity index is 691. The molecule has 0 heterocycles. The van der Waals surface area contributed by atoms with Crippen LogP contribution >= 0.6 is 11.8 Å². The summed E-state index contributed by atoms with van der Waals surface area (Å²) in [4.78, 5) is 70.5. The molecule has 14 nitrogen and oxygen atoms in total. The molecule has 0 aliphatic rings. The lowest BCUT2D eigenvalue weighted by Gasteiger charge is -2.24. The Balaban J connectivity index is 5.45. The number of nitrogens with two attached hydrogens (primary N) is 3. The van der Waals surface area contributed by atoms with Gasteiger partial charge in [0.25, 0.3) is 0 Å². The van der Waals surface area contributed by atoms with E-state index in [1.54, 1.807) is 6.26 Å². The predicted octanol–water partition coefficient (Wildman–Crippen LogP) is -4.65. The van der Waals surface area contributed by atoms with Crippen LogP contribution in [0, 0.1) is 0 Å². The number of carboxylic acids is 1. The van der Waals surface area contributed by atoms with Crippen molar-refractivity contribution in [1.29, 1.82) is 0 Å².